The number of nitrogens with one attached hydrogen (secondary N) is 1. The second kappa shape index (κ2) is 5.55. The van der Waals surface area contributed by atoms with Crippen molar-refractivity contribution in [1.82, 2.24) is 9.97 Å². The van der Waals surface area contributed by atoms with Crippen LogP contribution in [0, 0.1) is 11.6 Å². The van der Waals surface area contributed by atoms with Gasteiger partial charge in [-0.15, -0.1) is 0 Å². The van der Waals surface area contributed by atoms with Crippen LogP contribution in [0.4, 0.5) is 14.5 Å². The Hall–Kier alpha value is -2.76. The van der Waals surface area contributed by atoms with Crippen molar-refractivity contribution in [2.45, 2.75) is 6.54 Å². The molecule has 4 nitrogen and oxygen atoms in total. The lowest BCUT2D eigenvalue weighted by Gasteiger charge is -2.18. The minimum absolute atomic E-state index is 0.223. The van der Waals surface area contributed by atoms with Crippen LogP contribution < -0.4 is 10.5 Å². The van der Waals surface area contributed by atoms with Crippen LogP contribution in [0.3, 0.4) is 0 Å². The summed E-state index contributed by atoms with van der Waals surface area (Å²) in [6.45, 7) is 0.269. The summed E-state index contributed by atoms with van der Waals surface area (Å²) in [7, 11) is 1.71. The second-order valence-electron chi connectivity index (χ2n) is 4.98. The van der Waals surface area contributed by atoms with E-state index in [1.165, 1.54) is 6.07 Å². The number of anilines is 1. The maximum Gasteiger partial charge on any atom is 0.258 e. The Balaban J connectivity index is 1.92. The lowest BCUT2D eigenvalue weighted by atomic mass is 10.2. The molecule has 0 aliphatic carbocycles. The van der Waals surface area contributed by atoms with E-state index >= 15 is 0 Å². The zero-order chi connectivity index (χ0) is 15.7. The first-order chi connectivity index (χ1) is 10.5. The number of hydrogen-bond donors (Lipinski definition) is 1. The molecule has 0 radical (unpaired) electrons. The molecule has 0 aliphatic heterocycles. The average Bonchev–Trinajstić information content (AvgIpc) is 2.50. The number of benzene rings is 2. The predicted octanol–water partition coefficient (Wildman–Crippen LogP) is 2.84. The van der Waals surface area contributed by atoms with Crippen LogP contribution in [0.15, 0.2) is 47.3 Å². The quantitative estimate of drug-likeness (QED) is 0.809. The van der Waals surface area contributed by atoms with Crippen LogP contribution in [-0.4, -0.2) is 17.0 Å². The minimum Gasteiger partial charge on any atom is -0.367 e. The number of rotatable bonds is 3. The van der Waals surface area contributed by atoms with Crippen LogP contribution in [0.5, 0.6) is 0 Å². The molecule has 22 heavy (non-hydrogen) atoms. The lowest BCUT2D eigenvalue weighted by Crippen LogP contribution is -2.21. The molecule has 0 aliphatic rings. The fourth-order valence-corrected chi connectivity index (χ4v) is 2.25. The SMILES string of the molecule is CN(Cc1nc2ccccc2c(=O)[nH]1)c1ccc(F)c(F)c1. The zero-order valence-electron chi connectivity index (χ0n) is 11.8. The Morgan fingerprint density at radius 1 is 1.14 bits per heavy atom. The largest absolute Gasteiger partial charge is 0.367 e. The highest BCUT2D eigenvalue weighted by molar-refractivity contribution is 5.77. The van der Waals surface area contributed by atoms with E-state index in [1.807, 2.05) is 0 Å². The molecule has 0 amide bonds. The fraction of sp³-hybridized carbons (Fsp3) is 0.125. The molecular weight excluding hydrogens is 288 g/mol. The van der Waals surface area contributed by atoms with E-state index in [2.05, 4.69) is 9.97 Å². The molecule has 6 heteroatoms. The molecule has 1 heterocycles. The second-order valence-corrected chi connectivity index (χ2v) is 4.98. The Morgan fingerprint density at radius 2 is 1.91 bits per heavy atom. The average molecular weight is 301 g/mol. The van der Waals surface area contributed by atoms with E-state index in [1.54, 1.807) is 36.2 Å². The van der Waals surface area contributed by atoms with Crippen molar-refractivity contribution >= 4 is 16.6 Å². The summed E-state index contributed by atoms with van der Waals surface area (Å²) in [6.07, 6.45) is 0. The first kappa shape index (κ1) is 14.2. The number of hydrogen-bond acceptors (Lipinski definition) is 3. The third-order valence-electron chi connectivity index (χ3n) is 3.39. The molecule has 0 bridgehead atoms. The van der Waals surface area contributed by atoms with Crippen molar-refractivity contribution in [1.29, 1.82) is 0 Å². The summed E-state index contributed by atoms with van der Waals surface area (Å²) >= 11 is 0. The number of nitrogens with zero attached hydrogens (tertiary/aromatic N) is 2. The van der Waals surface area contributed by atoms with E-state index in [9.17, 15) is 13.6 Å². The number of aromatic amines is 1. The third-order valence-corrected chi connectivity index (χ3v) is 3.39. The van der Waals surface area contributed by atoms with Gasteiger partial charge in [-0.1, -0.05) is 12.1 Å². The molecular formula is C16H13F2N3O. The van der Waals surface area contributed by atoms with Crippen LogP contribution in [0.2, 0.25) is 0 Å². The van der Waals surface area contributed by atoms with Crippen molar-refractivity contribution in [2.75, 3.05) is 11.9 Å². The van der Waals surface area contributed by atoms with Crippen molar-refractivity contribution in [3.8, 4) is 0 Å². The number of halogens is 2. The van der Waals surface area contributed by atoms with Crippen LogP contribution >= 0.6 is 0 Å². The fourth-order valence-electron chi connectivity index (χ4n) is 2.25. The summed E-state index contributed by atoms with van der Waals surface area (Å²) in [5, 5.41) is 0.515. The number of aromatic nitrogens is 2. The topological polar surface area (TPSA) is 49.0 Å². The summed E-state index contributed by atoms with van der Waals surface area (Å²) < 4.78 is 26.2. The van der Waals surface area contributed by atoms with Gasteiger partial charge in [0.25, 0.3) is 5.56 Å². The Bertz CT molecular complexity index is 892. The molecule has 2 aromatic carbocycles. The molecule has 3 rings (SSSR count). The van der Waals surface area contributed by atoms with Gasteiger partial charge in [-0.05, 0) is 24.3 Å². The molecule has 3 aromatic rings. The normalized spacial score (nSPS) is 10.9. The van der Waals surface area contributed by atoms with E-state index in [4.69, 9.17) is 0 Å². The van der Waals surface area contributed by atoms with Crippen molar-refractivity contribution in [3.63, 3.8) is 0 Å². The molecule has 1 N–H and O–H groups in total. The van der Waals surface area contributed by atoms with E-state index in [0.717, 1.165) is 12.1 Å². The number of H-pyrrole nitrogens is 1. The molecule has 1 aromatic heterocycles. The van der Waals surface area contributed by atoms with Crippen LogP contribution in [-0.2, 0) is 6.54 Å². The monoisotopic (exact) mass is 301 g/mol. The zero-order valence-corrected chi connectivity index (χ0v) is 11.8. The first-order valence-electron chi connectivity index (χ1n) is 6.69. The van der Waals surface area contributed by atoms with Crippen molar-refractivity contribution < 1.29 is 8.78 Å². The maximum absolute atomic E-state index is 13.3. The summed E-state index contributed by atoms with van der Waals surface area (Å²) in [4.78, 5) is 20.7. The van der Waals surface area contributed by atoms with E-state index < -0.39 is 11.6 Å². The highest BCUT2D eigenvalue weighted by Crippen LogP contribution is 2.18. The molecule has 0 saturated carbocycles. The predicted molar refractivity (Wildman–Crippen MR) is 80.8 cm³/mol. The standard InChI is InChI=1S/C16H13F2N3O/c1-21(10-6-7-12(17)13(18)8-10)9-15-19-14-5-3-2-4-11(14)16(22)20-15/h2-8H,9H2,1H3,(H,19,20,22). The molecule has 0 fully saturated rings. The summed E-state index contributed by atoms with van der Waals surface area (Å²) in [5.41, 5.74) is 0.869. The van der Waals surface area contributed by atoms with Gasteiger partial charge < -0.3 is 9.88 Å². The van der Waals surface area contributed by atoms with E-state index in [-0.39, 0.29) is 12.1 Å². The highest BCUT2D eigenvalue weighted by atomic mass is 19.2. The van der Waals surface area contributed by atoms with Crippen LogP contribution in [0.25, 0.3) is 10.9 Å². The Labute approximate surface area is 125 Å². The van der Waals surface area contributed by atoms with Gasteiger partial charge in [0.15, 0.2) is 11.6 Å². The first-order valence-corrected chi connectivity index (χ1v) is 6.69. The van der Waals surface area contributed by atoms with Gasteiger partial charge in [0.2, 0.25) is 0 Å². The molecule has 0 unspecified atom stereocenters. The lowest BCUT2D eigenvalue weighted by molar-refractivity contribution is 0.508. The van der Waals surface area contributed by atoms with Gasteiger partial charge in [-0.3, -0.25) is 4.79 Å². The Morgan fingerprint density at radius 3 is 2.68 bits per heavy atom. The van der Waals surface area contributed by atoms with Crippen LogP contribution in [0.1, 0.15) is 5.82 Å². The molecule has 0 atom stereocenters. The van der Waals surface area contributed by atoms with Gasteiger partial charge >= 0.3 is 0 Å². The maximum atomic E-state index is 13.3. The van der Waals surface area contributed by atoms with Crippen molar-refractivity contribution in [3.05, 3.63) is 70.3 Å². The smallest absolute Gasteiger partial charge is 0.258 e. The summed E-state index contributed by atoms with van der Waals surface area (Å²) in [6, 6.07) is 10.7. The van der Waals surface area contributed by atoms with Gasteiger partial charge in [0.1, 0.15) is 5.82 Å². The number of para-hydroxylation sites is 1. The molecule has 112 valence electrons. The van der Waals surface area contributed by atoms with Crippen molar-refractivity contribution in [2.24, 2.45) is 0 Å². The van der Waals surface area contributed by atoms with Gasteiger partial charge in [0, 0.05) is 18.8 Å². The molecule has 0 saturated heterocycles. The summed E-state index contributed by atoms with van der Waals surface area (Å²) in [5.74, 6) is -1.35. The Kier molecular flexibility index (Phi) is 3.58. The highest BCUT2D eigenvalue weighted by Gasteiger charge is 2.09. The third kappa shape index (κ3) is 2.67. The van der Waals surface area contributed by atoms with Gasteiger partial charge in [-0.2, -0.15) is 0 Å². The van der Waals surface area contributed by atoms with Gasteiger partial charge in [-0.25, -0.2) is 13.8 Å². The van der Waals surface area contributed by atoms with Gasteiger partial charge in [0.05, 0.1) is 17.4 Å². The number of fused-ring (bicyclic) bond motifs is 1. The molecule has 0 spiro atoms. The van der Waals surface area contributed by atoms with E-state index in [0.29, 0.717) is 22.4 Å². The minimum atomic E-state index is -0.913.